The molecule has 0 aromatic rings. The molecule has 0 spiro atoms. The molecule has 1 heterocycles. The van der Waals surface area contributed by atoms with Crippen LogP contribution in [0, 0.1) is 5.92 Å². The van der Waals surface area contributed by atoms with Gasteiger partial charge in [-0.1, -0.05) is 25.7 Å². The lowest BCUT2D eigenvalue weighted by molar-refractivity contribution is -0.0497. The molecule has 3 rings (SSSR count). The minimum atomic E-state index is 0.491. The summed E-state index contributed by atoms with van der Waals surface area (Å²) in [6.07, 6.45) is 13.9. The van der Waals surface area contributed by atoms with Gasteiger partial charge in [0.05, 0.1) is 6.10 Å². The number of hydroxylamine groups is 1. The average molecular weight is 252 g/mol. The monoisotopic (exact) mass is 252 g/mol. The molecule has 3 unspecified atom stereocenters. The Bertz CT molecular complexity index is 247. The molecule has 3 nitrogen and oxygen atoms in total. The second-order valence-corrected chi connectivity index (χ2v) is 6.40. The third-order valence-corrected chi connectivity index (χ3v) is 5.12. The maximum absolute atomic E-state index is 5.93. The molecule has 0 amide bonds. The van der Waals surface area contributed by atoms with E-state index < -0.39 is 0 Å². The smallest absolute Gasteiger partial charge is 0.0790 e. The normalized spacial score (nSPS) is 38.3. The van der Waals surface area contributed by atoms with Crippen LogP contribution in [0.25, 0.3) is 0 Å². The molecule has 2 N–H and O–H groups in total. The molecule has 3 atom stereocenters. The molecule has 0 bridgehead atoms. The van der Waals surface area contributed by atoms with E-state index in [0.29, 0.717) is 12.1 Å². The lowest BCUT2D eigenvalue weighted by Crippen LogP contribution is -2.47. The molecule has 18 heavy (non-hydrogen) atoms. The fourth-order valence-corrected chi connectivity index (χ4v) is 4.05. The Labute approximate surface area is 111 Å². The number of hydrogen-bond acceptors (Lipinski definition) is 3. The summed E-state index contributed by atoms with van der Waals surface area (Å²) >= 11 is 0. The summed E-state index contributed by atoms with van der Waals surface area (Å²) in [5, 5.41) is 3.72. The summed E-state index contributed by atoms with van der Waals surface area (Å²) in [5.41, 5.74) is 3.43. The molecule has 1 saturated heterocycles. The van der Waals surface area contributed by atoms with E-state index in [9.17, 15) is 0 Å². The van der Waals surface area contributed by atoms with Gasteiger partial charge in [0.2, 0.25) is 0 Å². The summed E-state index contributed by atoms with van der Waals surface area (Å²) in [6, 6.07) is 1.34. The minimum absolute atomic E-state index is 0.491. The third kappa shape index (κ3) is 3.06. The third-order valence-electron chi connectivity index (χ3n) is 5.12. The summed E-state index contributed by atoms with van der Waals surface area (Å²) in [5.74, 6) is 0.798. The van der Waals surface area contributed by atoms with Crippen LogP contribution >= 0.6 is 0 Å². The van der Waals surface area contributed by atoms with Crippen LogP contribution in [0.1, 0.15) is 64.2 Å². The topological polar surface area (TPSA) is 33.3 Å². The predicted octanol–water partition coefficient (Wildman–Crippen LogP) is 2.76. The van der Waals surface area contributed by atoms with Crippen LogP contribution in [0.3, 0.4) is 0 Å². The van der Waals surface area contributed by atoms with Gasteiger partial charge in [-0.25, -0.2) is 0 Å². The van der Waals surface area contributed by atoms with Crippen LogP contribution in [-0.2, 0) is 4.84 Å². The Kier molecular flexibility index (Phi) is 4.55. The zero-order valence-corrected chi connectivity index (χ0v) is 11.5. The Morgan fingerprint density at radius 2 is 1.67 bits per heavy atom. The lowest BCUT2D eigenvalue weighted by Gasteiger charge is -2.33. The maximum Gasteiger partial charge on any atom is 0.0790 e. The molecule has 0 radical (unpaired) electrons. The second kappa shape index (κ2) is 6.36. The molecular weight excluding hydrogens is 224 g/mol. The van der Waals surface area contributed by atoms with Gasteiger partial charge in [0, 0.05) is 12.1 Å². The molecule has 0 aromatic carbocycles. The van der Waals surface area contributed by atoms with Crippen molar-refractivity contribution in [2.24, 2.45) is 5.92 Å². The summed E-state index contributed by atoms with van der Waals surface area (Å²) in [7, 11) is 0. The molecule has 2 aliphatic carbocycles. The van der Waals surface area contributed by atoms with Crippen LogP contribution in [0.4, 0.5) is 0 Å². The standard InChI is InChI=1S/C15H28N2O/c1-2-7-12(6-1)18-17-15-10-5-8-13(15)14-9-3-4-11-16-14/h12-17H,1-11H2. The van der Waals surface area contributed by atoms with Crippen molar-refractivity contribution in [1.29, 1.82) is 0 Å². The van der Waals surface area contributed by atoms with E-state index in [4.69, 9.17) is 4.84 Å². The Morgan fingerprint density at radius 1 is 0.833 bits per heavy atom. The van der Waals surface area contributed by atoms with Gasteiger partial charge in [-0.05, 0) is 51.0 Å². The van der Waals surface area contributed by atoms with Gasteiger partial charge in [-0.2, -0.15) is 5.48 Å². The van der Waals surface area contributed by atoms with Gasteiger partial charge >= 0.3 is 0 Å². The number of rotatable bonds is 4. The Hall–Kier alpha value is -0.120. The van der Waals surface area contributed by atoms with E-state index in [1.54, 1.807) is 0 Å². The van der Waals surface area contributed by atoms with Gasteiger partial charge in [-0.3, -0.25) is 4.84 Å². The van der Waals surface area contributed by atoms with Crippen molar-refractivity contribution in [2.75, 3.05) is 6.54 Å². The summed E-state index contributed by atoms with van der Waals surface area (Å²) in [4.78, 5) is 5.93. The quantitative estimate of drug-likeness (QED) is 0.755. The molecule has 3 aliphatic rings. The van der Waals surface area contributed by atoms with Crippen molar-refractivity contribution < 1.29 is 4.84 Å². The SMILES string of the molecule is C1CCC(C2CCCC2NOC2CCCC2)NC1. The molecule has 2 saturated carbocycles. The molecule has 3 heteroatoms. The van der Waals surface area contributed by atoms with E-state index in [1.165, 1.54) is 70.8 Å². The molecule has 3 fully saturated rings. The van der Waals surface area contributed by atoms with Crippen LogP contribution in [-0.4, -0.2) is 24.7 Å². The molecule has 1 aliphatic heterocycles. The highest BCUT2D eigenvalue weighted by molar-refractivity contribution is 4.91. The fraction of sp³-hybridized carbons (Fsp3) is 1.00. The van der Waals surface area contributed by atoms with Gasteiger partial charge in [0.1, 0.15) is 0 Å². The van der Waals surface area contributed by atoms with Crippen LogP contribution in [0.2, 0.25) is 0 Å². The first-order valence-electron chi connectivity index (χ1n) is 8.08. The van der Waals surface area contributed by atoms with E-state index in [0.717, 1.165) is 12.0 Å². The van der Waals surface area contributed by atoms with Gasteiger partial charge in [0.15, 0.2) is 0 Å². The van der Waals surface area contributed by atoms with Crippen molar-refractivity contribution in [1.82, 2.24) is 10.8 Å². The van der Waals surface area contributed by atoms with E-state index in [1.807, 2.05) is 0 Å². The van der Waals surface area contributed by atoms with Crippen molar-refractivity contribution in [2.45, 2.75) is 82.4 Å². The lowest BCUT2D eigenvalue weighted by atomic mass is 9.88. The highest BCUT2D eigenvalue weighted by atomic mass is 16.7. The Morgan fingerprint density at radius 3 is 2.44 bits per heavy atom. The highest BCUT2D eigenvalue weighted by Crippen LogP contribution is 2.32. The second-order valence-electron chi connectivity index (χ2n) is 6.40. The number of hydrogen-bond donors (Lipinski definition) is 2. The maximum atomic E-state index is 5.93. The molecular formula is C15H28N2O. The summed E-state index contributed by atoms with van der Waals surface area (Å²) < 4.78 is 0. The fourth-order valence-electron chi connectivity index (χ4n) is 4.05. The first-order chi connectivity index (χ1) is 8.93. The van der Waals surface area contributed by atoms with Crippen LogP contribution < -0.4 is 10.8 Å². The highest BCUT2D eigenvalue weighted by Gasteiger charge is 2.34. The van der Waals surface area contributed by atoms with Crippen molar-refractivity contribution in [3.63, 3.8) is 0 Å². The Balaban J connectivity index is 1.47. The van der Waals surface area contributed by atoms with Crippen molar-refractivity contribution in [3.8, 4) is 0 Å². The zero-order valence-electron chi connectivity index (χ0n) is 11.5. The van der Waals surface area contributed by atoms with E-state index in [2.05, 4.69) is 10.8 Å². The van der Waals surface area contributed by atoms with E-state index in [-0.39, 0.29) is 0 Å². The van der Waals surface area contributed by atoms with Crippen molar-refractivity contribution >= 4 is 0 Å². The van der Waals surface area contributed by atoms with Gasteiger partial charge < -0.3 is 5.32 Å². The molecule has 104 valence electrons. The average Bonchev–Trinajstić information content (AvgIpc) is 3.09. The minimum Gasteiger partial charge on any atom is -0.314 e. The number of piperidine rings is 1. The number of nitrogens with one attached hydrogen (secondary N) is 2. The summed E-state index contributed by atoms with van der Waals surface area (Å²) in [6.45, 7) is 1.22. The molecule has 0 aromatic heterocycles. The van der Waals surface area contributed by atoms with E-state index >= 15 is 0 Å². The first-order valence-corrected chi connectivity index (χ1v) is 8.08. The van der Waals surface area contributed by atoms with Crippen molar-refractivity contribution in [3.05, 3.63) is 0 Å². The van der Waals surface area contributed by atoms with Crippen LogP contribution in [0.5, 0.6) is 0 Å². The van der Waals surface area contributed by atoms with Gasteiger partial charge in [-0.15, -0.1) is 0 Å². The zero-order chi connectivity index (χ0) is 12.2. The first kappa shape index (κ1) is 12.9. The van der Waals surface area contributed by atoms with Gasteiger partial charge in [0.25, 0.3) is 0 Å². The predicted molar refractivity (Wildman–Crippen MR) is 73.2 cm³/mol. The largest absolute Gasteiger partial charge is 0.314 e. The van der Waals surface area contributed by atoms with Crippen LogP contribution in [0.15, 0.2) is 0 Å².